The lowest BCUT2D eigenvalue weighted by Crippen LogP contribution is -2.25. The normalized spacial score (nSPS) is 13.4. The van der Waals surface area contributed by atoms with Crippen LogP contribution in [-0.4, -0.2) is 32.2 Å². The summed E-state index contributed by atoms with van der Waals surface area (Å²) in [5.74, 6) is 1.26. The minimum absolute atomic E-state index is 0.0561. The predicted octanol–water partition coefficient (Wildman–Crippen LogP) is 3.86. The molecule has 2 aromatic carbocycles. The van der Waals surface area contributed by atoms with Gasteiger partial charge >= 0.3 is 6.03 Å². The number of hydrogen-bond acceptors (Lipinski definition) is 4. The van der Waals surface area contributed by atoms with Crippen molar-refractivity contribution in [1.29, 1.82) is 0 Å². The lowest BCUT2D eigenvalue weighted by atomic mass is 10.2. The molecule has 3 amide bonds. The number of benzene rings is 2. The number of anilines is 3. The van der Waals surface area contributed by atoms with E-state index in [2.05, 4.69) is 10.6 Å². The van der Waals surface area contributed by atoms with Crippen molar-refractivity contribution >= 4 is 29.0 Å². The highest BCUT2D eigenvalue weighted by atomic mass is 16.5. The number of para-hydroxylation sites is 2. The topological polar surface area (TPSA) is 79.9 Å². The summed E-state index contributed by atoms with van der Waals surface area (Å²) >= 11 is 0. The van der Waals surface area contributed by atoms with Crippen LogP contribution in [0.4, 0.5) is 21.9 Å². The molecule has 7 heteroatoms. The van der Waals surface area contributed by atoms with Crippen LogP contribution < -0.4 is 25.0 Å². The fourth-order valence-electron chi connectivity index (χ4n) is 3.02. The molecule has 0 aromatic heterocycles. The summed E-state index contributed by atoms with van der Waals surface area (Å²) < 4.78 is 10.9. The molecule has 0 bridgehead atoms. The van der Waals surface area contributed by atoms with Crippen molar-refractivity contribution in [2.45, 2.75) is 19.8 Å². The number of rotatable bonds is 6. The smallest absolute Gasteiger partial charge is 0.323 e. The van der Waals surface area contributed by atoms with E-state index in [4.69, 9.17) is 9.47 Å². The summed E-state index contributed by atoms with van der Waals surface area (Å²) in [6.07, 6.45) is 1.34. The standard InChI is InChI=1S/C20H23N3O4/c1-3-27-17-8-5-4-7-15(17)22-20(25)21-14-10-11-18(26-2)16(13-14)23-12-6-9-19(23)24/h4-5,7-8,10-11,13H,3,6,9,12H2,1-2H3,(H2,21,22,25). The second kappa shape index (κ2) is 8.44. The molecule has 1 aliphatic rings. The maximum atomic E-state index is 12.4. The number of methoxy groups -OCH3 is 1. The third-order valence-corrected chi connectivity index (χ3v) is 4.24. The van der Waals surface area contributed by atoms with Gasteiger partial charge in [0.1, 0.15) is 11.5 Å². The van der Waals surface area contributed by atoms with Crippen LogP contribution in [0.5, 0.6) is 11.5 Å². The molecule has 1 heterocycles. The first-order chi connectivity index (χ1) is 13.1. The molecule has 2 aromatic rings. The molecule has 142 valence electrons. The van der Waals surface area contributed by atoms with Gasteiger partial charge in [0.25, 0.3) is 0 Å². The molecular formula is C20H23N3O4. The third-order valence-electron chi connectivity index (χ3n) is 4.24. The van der Waals surface area contributed by atoms with Crippen LogP contribution in [0.15, 0.2) is 42.5 Å². The molecule has 0 saturated carbocycles. The monoisotopic (exact) mass is 369 g/mol. The van der Waals surface area contributed by atoms with Gasteiger partial charge in [-0.3, -0.25) is 4.79 Å². The summed E-state index contributed by atoms with van der Waals surface area (Å²) in [4.78, 5) is 26.2. The third kappa shape index (κ3) is 4.31. The first-order valence-corrected chi connectivity index (χ1v) is 8.90. The van der Waals surface area contributed by atoms with Crippen LogP contribution >= 0.6 is 0 Å². The highest BCUT2D eigenvalue weighted by molar-refractivity contribution is 6.02. The van der Waals surface area contributed by atoms with Crippen LogP contribution in [0.2, 0.25) is 0 Å². The summed E-state index contributed by atoms with van der Waals surface area (Å²) in [7, 11) is 1.56. The predicted molar refractivity (Wildman–Crippen MR) is 105 cm³/mol. The second-order valence-electron chi connectivity index (χ2n) is 6.04. The number of nitrogens with zero attached hydrogens (tertiary/aromatic N) is 1. The van der Waals surface area contributed by atoms with Crippen molar-refractivity contribution in [3.05, 3.63) is 42.5 Å². The highest BCUT2D eigenvalue weighted by Gasteiger charge is 2.25. The van der Waals surface area contributed by atoms with Gasteiger partial charge in [0, 0.05) is 18.7 Å². The van der Waals surface area contributed by atoms with E-state index in [-0.39, 0.29) is 5.91 Å². The SMILES string of the molecule is CCOc1ccccc1NC(=O)Nc1ccc(OC)c(N2CCCC2=O)c1. The van der Waals surface area contributed by atoms with Gasteiger partial charge in [-0.15, -0.1) is 0 Å². The van der Waals surface area contributed by atoms with Gasteiger partial charge in [-0.25, -0.2) is 4.79 Å². The maximum absolute atomic E-state index is 12.4. The van der Waals surface area contributed by atoms with E-state index in [1.165, 1.54) is 0 Å². The minimum Gasteiger partial charge on any atom is -0.495 e. The van der Waals surface area contributed by atoms with Crippen molar-refractivity contribution in [2.24, 2.45) is 0 Å². The lowest BCUT2D eigenvalue weighted by molar-refractivity contribution is -0.117. The summed E-state index contributed by atoms with van der Waals surface area (Å²) in [6, 6.07) is 12.1. The van der Waals surface area contributed by atoms with Gasteiger partial charge in [0.05, 0.1) is 25.1 Å². The molecule has 2 N–H and O–H groups in total. The molecule has 1 fully saturated rings. The molecule has 0 unspecified atom stereocenters. The minimum atomic E-state index is -0.397. The Morgan fingerprint density at radius 1 is 1.15 bits per heavy atom. The second-order valence-corrected chi connectivity index (χ2v) is 6.04. The molecule has 7 nitrogen and oxygen atoms in total. The number of carbonyl (C=O) groups excluding carboxylic acids is 2. The van der Waals surface area contributed by atoms with Crippen LogP contribution in [0.25, 0.3) is 0 Å². The largest absolute Gasteiger partial charge is 0.495 e. The average molecular weight is 369 g/mol. The number of urea groups is 1. The molecule has 0 atom stereocenters. The highest BCUT2D eigenvalue weighted by Crippen LogP contribution is 2.34. The number of hydrogen-bond donors (Lipinski definition) is 2. The van der Waals surface area contributed by atoms with Crippen LogP contribution in [0, 0.1) is 0 Å². The zero-order valence-electron chi connectivity index (χ0n) is 15.5. The van der Waals surface area contributed by atoms with Crippen molar-refractivity contribution in [3.63, 3.8) is 0 Å². The Bertz CT molecular complexity index is 838. The number of nitrogens with one attached hydrogen (secondary N) is 2. The van der Waals surface area contributed by atoms with Gasteiger partial charge in [-0.2, -0.15) is 0 Å². The van der Waals surface area contributed by atoms with Gasteiger partial charge in [-0.05, 0) is 43.7 Å². The number of carbonyl (C=O) groups is 2. The van der Waals surface area contributed by atoms with E-state index in [1.54, 1.807) is 42.3 Å². The Kier molecular flexibility index (Phi) is 5.80. The summed E-state index contributed by atoms with van der Waals surface area (Å²) in [5, 5.41) is 5.57. The van der Waals surface area contributed by atoms with Crippen LogP contribution in [-0.2, 0) is 4.79 Å². The summed E-state index contributed by atoms with van der Waals surface area (Å²) in [5.41, 5.74) is 1.81. The maximum Gasteiger partial charge on any atom is 0.323 e. The van der Waals surface area contributed by atoms with Gasteiger partial charge in [0.15, 0.2) is 0 Å². The van der Waals surface area contributed by atoms with Crippen LogP contribution in [0.1, 0.15) is 19.8 Å². The lowest BCUT2D eigenvalue weighted by Gasteiger charge is -2.20. The molecule has 0 aliphatic carbocycles. The Morgan fingerprint density at radius 2 is 1.96 bits per heavy atom. The van der Waals surface area contributed by atoms with Gasteiger partial charge in [-0.1, -0.05) is 12.1 Å². The van der Waals surface area contributed by atoms with E-state index in [0.717, 1.165) is 6.42 Å². The quantitative estimate of drug-likeness (QED) is 0.810. The average Bonchev–Trinajstić information content (AvgIpc) is 3.09. The Morgan fingerprint density at radius 3 is 2.67 bits per heavy atom. The molecule has 0 radical (unpaired) electrons. The van der Waals surface area contributed by atoms with E-state index in [1.807, 2.05) is 19.1 Å². The van der Waals surface area contributed by atoms with Crippen LogP contribution in [0.3, 0.4) is 0 Å². The first-order valence-electron chi connectivity index (χ1n) is 8.90. The zero-order valence-corrected chi connectivity index (χ0v) is 15.5. The molecule has 27 heavy (non-hydrogen) atoms. The number of ether oxygens (including phenoxy) is 2. The van der Waals surface area contributed by atoms with Crippen molar-refractivity contribution in [3.8, 4) is 11.5 Å². The van der Waals surface area contributed by atoms with E-state index in [0.29, 0.717) is 48.1 Å². The van der Waals surface area contributed by atoms with Crippen molar-refractivity contribution in [2.75, 3.05) is 35.8 Å². The van der Waals surface area contributed by atoms with Gasteiger partial charge in [0.2, 0.25) is 5.91 Å². The number of amides is 3. The first kappa shape index (κ1) is 18.6. The van der Waals surface area contributed by atoms with E-state index >= 15 is 0 Å². The van der Waals surface area contributed by atoms with Gasteiger partial charge < -0.3 is 25.0 Å². The molecular weight excluding hydrogens is 346 g/mol. The van der Waals surface area contributed by atoms with Crippen molar-refractivity contribution < 1.29 is 19.1 Å². The molecule has 1 aliphatic heterocycles. The Labute approximate surface area is 158 Å². The summed E-state index contributed by atoms with van der Waals surface area (Å²) in [6.45, 7) is 3.04. The van der Waals surface area contributed by atoms with E-state index < -0.39 is 6.03 Å². The van der Waals surface area contributed by atoms with Crippen molar-refractivity contribution in [1.82, 2.24) is 0 Å². The fourth-order valence-corrected chi connectivity index (χ4v) is 3.02. The zero-order chi connectivity index (χ0) is 19.2. The van der Waals surface area contributed by atoms with E-state index in [9.17, 15) is 9.59 Å². The molecule has 3 rings (SSSR count). The fraction of sp³-hybridized carbons (Fsp3) is 0.300. The molecule has 1 saturated heterocycles. The Balaban J connectivity index is 1.75. The Hall–Kier alpha value is -3.22. The molecule has 0 spiro atoms.